The number of hydrogen-bond donors (Lipinski definition) is 0. The predicted molar refractivity (Wildman–Crippen MR) is 72.0 cm³/mol. The van der Waals surface area contributed by atoms with Crippen molar-refractivity contribution in [1.82, 2.24) is 4.90 Å². The Bertz CT molecular complexity index is 495. The lowest BCUT2D eigenvalue weighted by Crippen LogP contribution is -2.44. The Morgan fingerprint density at radius 3 is 2.95 bits per heavy atom. The van der Waals surface area contributed by atoms with E-state index in [-0.39, 0.29) is 17.8 Å². The third-order valence-electron chi connectivity index (χ3n) is 3.00. The first kappa shape index (κ1) is 14.3. The molecule has 0 aliphatic carbocycles. The van der Waals surface area contributed by atoms with Gasteiger partial charge in [0.2, 0.25) is 0 Å². The highest BCUT2D eigenvalue weighted by Gasteiger charge is 2.25. The van der Waals surface area contributed by atoms with Gasteiger partial charge in [-0.2, -0.15) is 0 Å². The van der Waals surface area contributed by atoms with Crippen LogP contribution in [0.3, 0.4) is 0 Å². The number of morpholine rings is 1. The summed E-state index contributed by atoms with van der Waals surface area (Å²) < 4.78 is 24.2. The molecular weight excluding hydrogens is 317 g/mol. The van der Waals surface area contributed by atoms with Crippen molar-refractivity contribution in [1.29, 1.82) is 0 Å². The average molecular weight is 332 g/mol. The topological polar surface area (TPSA) is 38.8 Å². The smallest absolute Gasteiger partial charge is 0.255 e. The Morgan fingerprint density at radius 2 is 2.32 bits per heavy atom. The fourth-order valence-electron chi connectivity index (χ4n) is 2.02. The highest BCUT2D eigenvalue weighted by molar-refractivity contribution is 9.10. The van der Waals surface area contributed by atoms with Crippen LogP contribution in [-0.2, 0) is 4.74 Å². The van der Waals surface area contributed by atoms with Crippen molar-refractivity contribution in [3.05, 3.63) is 28.0 Å². The van der Waals surface area contributed by atoms with Crippen LogP contribution in [-0.4, -0.2) is 43.7 Å². The van der Waals surface area contributed by atoms with E-state index in [9.17, 15) is 9.18 Å². The largest absolute Gasteiger partial charge is 0.494 e. The summed E-state index contributed by atoms with van der Waals surface area (Å²) in [7, 11) is 1.37. The number of halogens is 2. The van der Waals surface area contributed by atoms with Crippen LogP contribution < -0.4 is 4.74 Å². The molecule has 1 fully saturated rings. The summed E-state index contributed by atoms with van der Waals surface area (Å²) in [5.41, 5.74) is 0.396. The zero-order valence-electron chi connectivity index (χ0n) is 10.8. The molecule has 2 rings (SSSR count). The van der Waals surface area contributed by atoms with Crippen molar-refractivity contribution >= 4 is 21.8 Å². The zero-order valence-corrected chi connectivity index (χ0v) is 12.4. The lowest BCUT2D eigenvalue weighted by atomic mass is 10.1. The molecule has 0 N–H and O–H groups in total. The zero-order chi connectivity index (χ0) is 14.0. The molecule has 6 heteroatoms. The number of ether oxygens (including phenoxy) is 2. The maximum absolute atomic E-state index is 13.5. The fourth-order valence-corrected chi connectivity index (χ4v) is 2.51. The lowest BCUT2D eigenvalue weighted by Gasteiger charge is -2.31. The normalized spacial score (nSPS) is 19.4. The number of methoxy groups -OCH3 is 1. The molecule has 0 aromatic heterocycles. The second kappa shape index (κ2) is 5.88. The highest BCUT2D eigenvalue weighted by atomic mass is 79.9. The maximum atomic E-state index is 13.5. The molecule has 1 aromatic rings. The molecule has 0 saturated carbocycles. The second-order valence-corrected chi connectivity index (χ2v) is 5.25. The Kier molecular flexibility index (Phi) is 4.42. The van der Waals surface area contributed by atoms with Gasteiger partial charge in [-0.15, -0.1) is 0 Å². The lowest BCUT2D eigenvalue weighted by molar-refractivity contribution is -0.0124. The summed E-state index contributed by atoms with van der Waals surface area (Å²) in [6, 6.07) is 2.66. The first-order chi connectivity index (χ1) is 9.02. The third-order valence-corrected chi connectivity index (χ3v) is 3.66. The van der Waals surface area contributed by atoms with E-state index in [0.29, 0.717) is 29.7 Å². The molecule has 1 aliphatic rings. The van der Waals surface area contributed by atoms with Gasteiger partial charge >= 0.3 is 0 Å². The molecule has 1 amide bonds. The summed E-state index contributed by atoms with van der Waals surface area (Å²) in [5, 5.41) is 0. The van der Waals surface area contributed by atoms with Crippen LogP contribution in [0.2, 0.25) is 0 Å². The third kappa shape index (κ3) is 3.06. The van der Waals surface area contributed by atoms with Gasteiger partial charge in [0, 0.05) is 17.6 Å². The quantitative estimate of drug-likeness (QED) is 0.835. The molecular formula is C13H15BrFNO3. The van der Waals surface area contributed by atoms with Gasteiger partial charge < -0.3 is 14.4 Å². The summed E-state index contributed by atoms with van der Waals surface area (Å²) in [4.78, 5) is 14.1. The number of hydrogen-bond acceptors (Lipinski definition) is 3. The number of rotatable bonds is 2. The molecule has 104 valence electrons. The minimum atomic E-state index is -0.499. The summed E-state index contributed by atoms with van der Waals surface area (Å²) in [6.07, 6.45) is 0.0128. The first-order valence-electron chi connectivity index (χ1n) is 5.97. The van der Waals surface area contributed by atoms with Crippen molar-refractivity contribution in [2.75, 3.05) is 26.8 Å². The molecule has 19 heavy (non-hydrogen) atoms. The van der Waals surface area contributed by atoms with E-state index in [1.165, 1.54) is 19.2 Å². The van der Waals surface area contributed by atoms with Crippen LogP contribution >= 0.6 is 15.9 Å². The average Bonchev–Trinajstić information content (AvgIpc) is 2.38. The molecule has 0 unspecified atom stereocenters. The van der Waals surface area contributed by atoms with Crippen LogP contribution in [0.15, 0.2) is 16.6 Å². The van der Waals surface area contributed by atoms with E-state index in [1.807, 2.05) is 6.92 Å². The second-order valence-electron chi connectivity index (χ2n) is 4.40. The molecule has 0 bridgehead atoms. The molecule has 0 radical (unpaired) electrons. The van der Waals surface area contributed by atoms with Crippen molar-refractivity contribution in [3.8, 4) is 5.75 Å². The van der Waals surface area contributed by atoms with Crippen LogP contribution in [0.25, 0.3) is 0 Å². The van der Waals surface area contributed by atoms with Gasteiger partial charge in [-0.05, 0) is 35.0 Å². The van der Waals surface area contributed by atoms with Gasteiger partial charge in [0.1, 0.15) is 0 Å². The van der Waals surface area contributed by atoms with Crippen LogP contribution in [0.4, 0.5) is 4.39 Å². The summed E-state index contributed by atoms with van der Waals surface area (Å²) in [5.74, 6) is -0.588. The van der Waals surface area contributed by atoms with Crippen molar-refractivity contribution in [3.63, 3.8) is 0 Å². The van der Waals surface area contributed by atoms with E-state index < -0.39 is 5.82 Å². The van der Waals surface area contributed by atoms with Gasteiger partial charge in [-0.1, -0.05) is 0 Å². The number of carbonyl (C=O) groups is 1. The first-order valence-corrected chi connectivity index (χ1v) is 6.76. The Hall–Kier alpha value is -1.14. The molecule has 1 heterocycles. The molecule has 1 aliphatic heterocycles. The minimum Gasteiger partial charge on any atom is -0.494 e. The highest BCUT2D eigenvalue weighted by Crippen LogP contribution is 2.27. The fraction of sp³-hybridized carbons (Fsp3) is 0.462. The van der Waals surface area contributed by atoms with E-state index >= 15 is 0 Å². The Labute approximate surface area is 119 Å². The van der Waals surface area contributed by atoms with Crippen molar-refractivity contribution < 1.29 is 18.7 Å². The summed E-state index contributed by atoms with van der Waals surface area (Å²) in [6.45, 7) is 3.50. The predicted octanol–water partition coefficient (Wildman–Crippen LogP) is 2.46. The van der Waals surface area contributed by atoms with Gasteiger partial charge in [-0.25, -0.2) is 4.39 Å². The number of nitrogens with zero attached hydrogens (tertiary/aromatic N) is 1. The van der Waals surface area contributed by atoms with E-state index in [0.717, 1.165) is 0 Å². The van der Waals surface area contributed by atoms with E-state index in [2.05, 4.69) is 15.9 Å². The summed E-state index contributed by atoms with van der Waals surface area (Å²) >= 11 is 3.22. The Balaban J connectivity index is 2.27. The van der Waals surface area contributed by atoms with Crippen molar-refractivity contribution in [2.24, 2.45) is 0 Å². The van der Waals surface area contributed by atoms with Crippen LogP contribution in [0, 0.1) is 5.82 Å². The number of amides is 1. The number of benzene rings is 1. The van der Waals surface area contributed by atoms with Crippen LogP contribution in [0.5, 0.6) is 5.75 Å². The standard InChI is InChI=1S/C13H15BrFNO3/c1-8-7-16(3-4-19-8)13(17)9-5-12(18-2)11(15)6-10(9)14/h5-6,8H,3-4,7H2,1-2H3/t8-/m1/s1. The SMILES string of the molecule is COc1cc(C(=O)N2CCO[C@H](C)C2)c(Br)cc1F. The van der Waals surface area contributed by atoms with Gasteiger partial charge in [-0.3, -0.25) is 4.79 Å². The van der Waals surface area contributed by atoms with Crippen LogP contribution in [0.1, 0.15) is 17.3 Å². The molecule has 0 spiro atoms. The molecule has 1 atom stereocenters. The minimum absolute atomic E-state index is 0.0128. The Morgan fingerprint density at radius 1 is 1.58 bits per heavy atom. The van der Waals surface area contributed by atoms with E-state index in [4.69, 9.17) is 9.47 Å². The van der Waals surface area contributed by atoms with Gasteiger partial charge in [0.25, 0.3) is 5.91 Å². The van der Waals surface area contributed by atoms with E-state index in [1.54, 1.807) is 4.90 Å². The van der Waals surface area contributed by atoms with Crippen molar-refractivity contribution in [2.45, 2.75) is 13.0 Å². The number of carbonyl (C=O) groups excluding carboxylic acids is 1. The maximum Gasteiger partial charge on any atom is 0.255 e. The molecule has 1 aromatic carbocycles. The van der Waals surface area contributed by atoms with Gasteiger partial charge in [0.15, 0.2) is 11.6 Å². The van der Waals surface area contributed by atoms with Gasteiger partial charge in [0.05, 0.1) is 25.4 Å². The molecule has 1 saturated heterocycles. The monoisotopic (exact) mass is 331 g/mol. The molecule has 4 nitrogen and oxygen atoms in total.